The lowest BCUT2D eigenvalue weighted by Crippen LogP contribution is -2.35. The van der Waals surface area contributed by atoms with Gasteiger partial charge >= 0.3 is 0 Å². The van der Waals surface area contributed by atoms with Crippen molar-refractivity contribution in [2.24, 2.45) is 0 Å². The van der Waals surface area contributed by atoms with E-state index in [2.05, 4.69) is 58.3 Å². The van der Waals surface area contributed by atoms with E-state index in [1.54, 1.807) is 17.4 Å². The summed E-state index contributed by atoms with van der Waals surface area (Å²) in [6, 6.07) is 26.0. The number of hydrogen-bond donors (Lipinski definition) is 1. The van der Waals surface area contributed by atoms with Crippen LogP contribution in [-0.2, 0) is 9.59 Å². The third kappa shape index (κ3) is 3.53. The van der Waals surface area contributed by atoms with Crippen LogP contribution in [0.1, 0.15) is 4.88 Å². The summed E-state index contributed by atoms with van der Waals surface area (Å²) < 4.78 is 1.06. The third-order valence-corrected chi connectivity index (χ3v) is 6.72. The van der Waals surface area contributed by atoms with Gasteiger partial charge in [-0.1, -0.05) is 36.4 Å². The van der Waals surface area contributed by atoms with Crippen molar-refractivity contribution in [1.29, 1.82) is 0 Å². The maximum atomic E-state index is 12.8. The van der Waals surface area contributed by atoms with Gasteiger partial charge in [0, 0.05) is 13.3 Å². The Hall–Kier alpha value is -2.97. The number of hydrogen-bond acceptors (Lipinski definition) is 3. The van der Waals surface area contributed by atoms with Crippen molar-refractivity contribution in [1.82, 2.24) is 5.43 Å². The van der Waals surface area contributed by atoms with Crippen LogP contribution in [0.4, 0.5) is 5.69 Å². The number of carbonyl (C=O) groups excluding carboxylic acids is 2. The first kappa shape index (κ1) is 19.0. The van der Waals surface area contributed by atoms with Crippen molar-refractivity contribution < 1.29 is 9.59 Å². The smallest absolute Gasteiger partial charge is 0.267 e. The summed E-state index contributed by atoms with van der Waals surface area (Å²) in [5.74, 6) is -0.735. The highest BCUT2D eigenvalue weighted by atomic mass is 127. The maximum absolute atomic E-state index is 12.8. The Balaban J connectivity index is 1.43. The van der Waals surface area contributed by atoms with Crippen LogP contribution in [0.15, 0.2) is 84.4 Å². The molecule has 1 fully saturated rings. The molecule has 30 heavy (non-hydrogen) atoms. The SMILES string of the molecule is O=C1NN(c2ccc(I)cc2)C(=O)C1=Cc1ccc(-c2ccc3ccccc3c2)s1. The lowest BCUT2D eigenvalue weighted by Gasteiger charge is -2.14. The largest absolute Gasteiger partial charge is 0.282 e. The average molecular weight is 522 g/mol. The summed E-state index contributed by atoms with van der Waals surface area (Å²) in [6.07, 6.45) is 1.67. The molecule has 0 unspecified atom stereocenters. The quantitative estimate of drug-likeness (QED) is 0.215. The van der Waals surface area contributed by atoms with Gasteiger partial charge in [0.1, 0.15) is 5.57 Å². The molecule has 146 valence electrons. The van der Waals surface area contributed by atoms with Crippen molar-refractivity contribution in [2.75, 3.05) is 5.01 Å². The van der Waals surface area contributed by atoms with Gasteiger partial charge in [-0.05, 0) is 87.5 Å². The van der Waals surface area contributed by atoms with Gasteiger partial charge in [0.25, 0.3) is 11.8 Å². The molecule has 0 aliphatic carbocycles. The van der Waals surface area contributed by atoms with Gasteiger partial charge in [-0.2, -0.15) is 0 Å². The number of halogens is 1. The van der Waals surface area contributed by atoms with Crippen molar-refractivity contribution >= 4 is 68.3 Å². The number of thiophene rings is 1. The molecule has 5 rings (SSSR count). The first-order valence-electron chi connectivity index (χ1n) is 9.30. The van der Waals surface area contributed by atoms with Gasteiger partial charge in [-0.3, -0.25) is 15.0 Å². The van der Waals surface area contributed by atoms with E-state index in [1.165, 1.54) is 15.8 Å². The minimum Gasteiger partial charge on any atom is -0.267 e. The Kier molecular flexibility index (Phi) is 4.88. The van der Waals surface area contributed by atoms with E-state index in [0.29, 0.717) is 5.69 Å². The highest BCUT2D eigenvalue weighted by Crippen LogP contribution is 2.32. The van der Waals surface area contributed by atoms with Crippen molar-refractivity contribution in [2.45, 2.75) is 0 Å². The van der Waals surface area contributed by atoms with Crippen LogP contribution in [-0.4, -0.2) is 11.8 Å². The second-order valence-corrected chi connectivity index (χ2v) is 9.24. The molecule has 0 spiro atoms. The number of hydrazine groups is 1. The number of anilines is 1. The zero-order chi connectivity index (χ0) is 20.7. The maximum Gasteiger partial charge on any atom is 0.282 e. The fraction of sp³-hybridized carbons (Fsp3) is 0. The third-order valence-electron chi connectivity index (χ3n) is 4.92. The van der Waals surface area contributed by atoms with Gasteiger partial charge in [0.05, 0.1) is 5.69 Å². The summed E-state index contributed by atoms with van der Waals surface area (Å²) in [5.41, 5.74) is 4.54. The Morgan fingerprint density at radius 2 is 1.63 bits per heavy atom. The predicted octanol–water partition coefficient (Wildman–Crippen LogP) is 5.63. The molecule has 0 radical (unpaired) electrons. The van der Waals surface area contributed by atoms with Crippen LogP contribution in [0.2, 0.25) is 0 Å². The monoisotopic (exact) mass is 522 g/mol. The molecule has 1 aromatic heterocycles. The van der Waals surface area contributed by atoms with Crippen LogP contribution in [0.25, 0.3) is 27.3 Å². The zero-order valence-corrected chi connectivity index (χ0v) is 18.6. The molecule has 2 amide bonds. The van der Waals surface area contributed by atoms with E-state index in [9.17, 15) is 9.59 Å². The Morgan fingerprint density at radius 3 is 2.43 bits per heavy atom. The molecule has 4 nitrogen and oxygen atoms in total. The number of benzene rings is 3. The van der Waals surface area contributed by atoms with E-state index in [4.69, 9.17) is 0 Å². The van der Waals surface area contributed by atoms with E-state index >= 15 is 0 Å². The van der Waals surface area contributed by atoms with E-state index < -0.39 is 0 Å². The summed E-state index contributed by atoms with van der Waals surface area (Å²) >= 11 is 3.76. The highest BCUT2D eigenvalue weighted by Gasteiger charge is 2.34. The van der Waals surface area contributed by atoms with Crippen molar-refractivity contribution in [3.05, 3.63) is 92.9 Å². The second-order valence-electron chi connectivity index (χ2n) is 6.88. The fourth-order valence-electron chi connectivity index (χ4n) is 3.40. The average Bonchev–Trinajstić information content (AvgIpc) is 3.34. The molecule has 1 N–H and O–H groups in total. The van der Waals surface area contributed by atoms with Crippen LogP contribution >= 0.6 is 33.9 Å². The number of carbonyl (C=O) groups is 2. The van der Waals surface area contributed by atoms with Gasteiger partial charge in [0.2, 0.25) is 0 Å². The molecule has 2 heterocycles. The summed E-state index contributed by atoms with van der Waals surface area (Å²) in [4.78, 5) is 27.2. The predicted molar refractivity (Wildman–Crippen MR) is 130 cm³/mol. The van der Waals surface area contributed by atoms with Gasteiger partial charge in [-0.25, -0.2) is 5.01 Å². The number of rotatable bonds is 3. The fourth-order valence-corrected chi connectivity index (χ4v) is 4.71. The number of nitrogens with zero attached hydrogens (tertiary/aromatic N) is 1. The van der Waals surface area contributed by atoms with Gasteiger partial charge in [0.15, 0.2) is 0 Å². The van der Waals surface area contributed by atoms with Gasteiger partial charge < -0.3 is 0 Å². The van der Waals surface area contributed by atoms with E-state index in [-0.39, 0.29) is 17.4 Å². The van der Waals surface area contributed by atoms with E-state index in [1.807, 2.05) is 48.5 Å². The summed E-state index contributed by atoms with van der Waals surface area (Å²) in [7, 11) is 0. The molecule has 4 aromatic rings. The zero-order valence-electron chi connectivity index (χ0n) is 15.6. The molecule has 0 saturated carbocycles. The normalized spacial score (nSPS) is 15.2. The second kappa shape index (κ2) is 7.70. The Labute approximate surface area is 190 Å². The van der Waals surface area contributed by atoms with Crippen molar-refractivity contribution in [3.63, 3.8) is 0 Å². The minimum absolute atomic E-state index is 0.139. The van der Waals surface area contributed by atoms with Crippen LogP contribution < -0.4 is 10.4 Å². The van der Waals surface area contributed by atoms with Crippen LogP contribution in [0.3, 0.4) is 0 Å². The van der Waals surface area contributed by atoms with Crippen LogP contribution in [0.5, 0.6) is 0 Å². The van der Waals surface area contributed by atoms with Crippen molar-refractivity contribution in [3.8, 4) is 10.4 Å². The molecule has 6 heteroatoms. The lowest BCUT2D eigenvalue weighted by molar-refractivity contribution is -0.117. The molecule has 1 aliphatic rings. The Bertz CT molecular complexity index is 1320. The summed E-state index contributed by atoms with van der Waals surface area (Å²) in [5, 5.41) is 3.67. The molecule has 3 aromatic carbocycles. The molecule has 0 atom stereocenters. The number of amides is 2. The molecular weight excluding hydrogens is 507 g/mol. The van der Waals surface area contributed by atoms with E-state index in [0.717, 1.165) is 18.9 Å². The lowest BCUT2D eigenvalue weighted by atomic mass is 10.1. The first-order chi connectivity index (χ1) is 14.6. The standard InChI is InChI=1S/C24H15IN2O2S/c25-18-7-9-19(10-8-18)27-24(29)21(23(28)26-27)14-20-11-12-22(30-20)17-6-5-15-3-1-2-4-16(15)13-17/h1-14H,(H,26,28). The van der Waals surface area contributed by atoms with Crippen LogP contribution in [0, 0.1) is 3.57 Å². The summed E-state index contributed by atoms with van der Waals surface area (Å²) in [6.45, 7) is 0. The number of fused-ring (bicyclic) bond motifs is 1. The molecule has 0 bridgehead atoms. The highest BCUT2D eigenvalue weighted by molar-refractivity contribution is 14.1. The molecular formula is C24H15IN2O2S. The Morgan fingerprint density at radius 1 is 0.867 bits per heavy atom. The topological polar surface area (TPSA) is 49.4 Å². The minimum atomic E-state index is -0.390. The first-order valence-corrected chi connectivity index (χ1v) is 11.2. The van der Waals surface area contributed by atoms with Gasteiger partial charge in [-0.15, -0.1) is 11.3 Å². The number of nitrogens with one attached hydrogen (secondary N) is 1. The molecule has 1 saturated heterocycles. The molecule has 1 aliphatic heterocycles.